The average molecular weight is 208 g/mol. The van der Waals surface area contributed by atoms with Crippen LogP contribution in [0.4, 0.5) is 0 Å². The van der Waals surface area contributed by atoms with Crippen molar-refractivity contribution >= 4 is 5.91 Å². The SMILES string of the molecule is COCCNCc1ccccc1C(N)=O. The second kappa shape index (κ2) is 6.16. The van der Waals surface area contributed by atoms with Gasteiger partial charge < -0.3 is 15.8 Å². The van der Waals surface area contributed by atoms with Crippen molar-refractivity contribution in [3.63, 3.8) is 0 Å². The number of carbonyl (C=O) groups excluding carboxylic acids is 1. The topological polar surface area (TPSA) is 64.3 Å². The fourth-order valence-corrected chi connectivity index (χ4v) is 1.31. The minimum Gasteiger partial charge on any atom is -0.383 e. The summed E-state index contributed by atoms with van der Waals surface area (Å²) in [5.74, 6) is -0.390. The average Bonchev–Trinajstić information content (AvgIpc) is 2.25. The van der Waals surface area contributed by atoms with Crippen LogP contribution >= 0.6 is 0 Å². The molecule has 1 aromatic carbocycles. The molecule has 0 radical (unpaired) electrons. The van der Waals surface area contributed by atoms with Crippen LogP contribution in [-0.4, -0.2) is 26.2 Å². The third kappa shape index (κ3) is 3.69. The first-order chi connectivity index (χ1) is 7.25. The highest BCUT2D eigenvalue weighted by Gasteiger charge is 2.05. The number of methoxy groups -OCH3 is 1. The van der Waals surface area contributed by atoms with E-state index in [1.807, 2.05) is 12.1 Å². The fraction of sp³-hybridized carbons (Fsp3) is 0.364. The summed E-state index contributed by atoms with van der Waals surface area (Å²) in [6, 6.07) is 7.31. The number of ether oxygens (including phenoxy) is 1. The van der Waals surface area contributed by atoms with Gasteiger partial charge in [0.2, 0.25) is 5.91 Å². The van der Waals surface area contributed by atoms with Crippen LogP contribution in [0, 0.1) is 0 Å². The summed E-state index contributed by atoms with van der Waals surface area (Å²) in [6.45, 7) is 2.03. The number of hydrogen-bond donors (Lipinski definition) is 2. The maximum atomic E-state index is 11.1. The minimum atomic E-state index is -0.390. The number of benzene rings is 1. The minimum absolute atomic E-state index is 0.390. The van der Waals surface area contributed by atoms with Gasteiger partial charge in [0, 0.05) is 25.8 Å². The Hall–Kier alpha value is -1.39. The lowest BCUT2D eigenvalue weighted by atomic mass is 10.1. The van der Waals surface area contributed by atoms with Crippen molar-refractivity contribution in [1.29, 1.82) is 0 Å². The summed E-state index contributed by atoms with van der Waals surface area (Å²) in [5, 5.41) is 3.17. The summed E-state index contributed by atoms with van der Waals surface area (Å²) in [7, 11) is 1.65. The third-order valence-corrected chi connectivity index (χ3v) is 2.08. The summed E-state index contributed by atoms with van der Waals surface area (Å²) in [6.07, 6.45) is 0. The molecule has 0 spiro atoms. The summed E-state index contributed by atoms with van der Waals surface area (Å²) in [5.41, 5.74) is 6.74. The van der Waals surface area contributed by atoms with E-state index in [2.05, 4.69) is 5.32 Å². The van der Waals surface area contributed by atoms with E-state index in [1.165, 1.54) is 0 Å². The van der Waals surface area contributed by atoms with Crippen LogP contribution in [0.1, 0.15) is 15.9 Å². The molecule has 0 aliphatic heterocycles. The molecule has 0 atom stereocenters. The molecule has 0 heterocycles. The second-order valence-electron chi connectivity index (χ2n) is 3.19. The van der Waals surface area contributed by atoms with E-state index < -0.39 is 0 Å². The lowest BCUT2D eigenvalue weighted by molar-refractivity contribution is 0.0999. The standard InChI is InChI=1S/C11H16N2O2/c1-15-7-6-13-8-9-4-2-3-5-10(9)11(12)14/h2-5,13H,6-8H2,1H3,(H2,12,14). The Morgan fingerprint density at radius 3 is 2.87 bits per heavy atom. The number of nitrogens with two attached hydrogens (primary N) is 1. The molecule has 0 bridgehead atoms. The Morgan fingerprint density at radius 1 is 1.47 bits per heavy atom. The van der Waals surface area contributed by atoms with Crippen molar-refractivity contribution in [2.75, 3.05) is 20.3 Å². The Morgan fingerprint density at radius 2 is 2.20 bits per heavy atom. The van der Waals surface area contributed by atoms with Gasteiger partial charge in [0.25, 0.3) is 0 Å². The van der Waals surface area contributed by atoms with Crippen LogP contribution in [0.5, 0.6) is 0 Å². The van der Waals surface area contributed by atoms with Crippen molar-refractivity contribution < 1.29 is 9.53 Å². The van der Waals surface area contributed by atoms with Crippen molar-refractivity contribution in [1.82, 2.24) is 5.32 Å². The lowest BCUT2D eigenvalue weighted by Crippen LogP contribution is -2.21. The number of nitrogens with one attached hydrogen (secondary N) is 1. The monoisotopic (exact) mass is 208 g/mol. The first kappa shape index (κ1) is 11.7. The van der Waals surface area contributed by atoms with Gasteiger partial charge in [0.05, 0.1) is 6.61 Å². The molecule has 0 fully saturated rings. The Balaban J connectivity index is 2.56. The maximum absolute atomic E-state index is 11.1. The van der Waals surface area contributed by atoms with Crippen LogP contribution in [0.2, 0.25) is 0 Å². The van der Waals surface area contributed by atoms with Gasteiger partial charge in [-0.25, -0.2) is 0 Å². The van der Waals surface area contributed by atoms with Gasteiger partial charge in [-0.1, -0.05) is 18.2 Å². The van der Waals surface area contributed by atoms with Crippen LogP contribution in [0.3, 0.4) is 0 Å². The smallest absolute Gasteiger partial charge is 0.249 e. The number of hydrogen-bond acceptors (Lipinski definition) is 3. The molecule has 0 saturated carbocycles. The normalized spacial score (nSPS) is 10.2. The second-order valence-corrected chi connectivity index (χ2v) is 3.19. The predicted octanol–water partition coefficient (Wildman–Crippen LogP) is 0.521. The molecule has 0 aliphatic rings. The molecule has 0 unspecified atom stereocenters. The van der Waals surface area contributed by atoms with Crippen molar-refractivity contribution in [2.24, 2.45) is 5.73 Å². The molecular formula is C11H16N2O2. The van der Waals surface area contributed by atoms with Crippen molar-refractivity contribution in [3.8, 4) is 0 Å². The molecule has 0 saturated heterocycles. The Kier molecular flexibility index (Phi) is 4.80. The molecule has 1 amide bonds. The Labute approximate surface area is 89.4 Å². The van der Waals surface area contributed by atoms with Gasteiger partial charge in [-0.2, -0.15) is 0 Å². The maximum Gasteiger partial charge on any atom is 0.249 e. The van der Waals surface area contributed by atoms with E-state index in [0.29, 0.717) is 18.7 Å². The highest BCUT2D eigenvalue weighted by molar-refractivity contribution is 5.94. The van der Waals surface area contributed by atoms with Gasteiger partial charge in [0.15, 0.2) is 0 Å². The molecule has 1 aromatic rings. The molecule has 15 heavy (non-hydrogen) atoms. The third-order valence-electron chi connectivity index (χ3n) is 2.08. The van der Waals surface area contributed by atoms with E-state index in [4.69, 9.17) is 10.5 Å². The Bertz CT molecular complexity index is 326. The quantitative estimate of drug-likeness (QED) is 0.670. The molecular weight excluding hydrogens is 192 g/mol. The zero-order valence-electron chi connectivity index (χ0n) is 8.82. The highest BCUT2D eigenvalue weighted by atomic mass is 16.5. The van der Waals surface area contributed by atoms with Crippen LogP contribution in [-0.2, 0) is 11.3 Å². The number of amides is 1. The summed E-state index contributed by atoms with van der Waals surface area (Å²) >= 11 is 0. The highest BCUT2D eigenvalue weighted by Crippen LogP contribution is 2.07. The first-order valence-corrected chi connectivity index (χ1v) is 4.83. The summed E-state index contributed by atoms with van der Waals surface area (Å²) in [4.78, 5) is 11.1. The van der Waals surface area contributed by atoms with Crippen LogP contribution in [0.15, 0.2) is 24.3 Å². The summed E-state index contributed by atoms with van der Waals surface area (Å²) < 4.78 is 4.90. The zero-order valence-corrected chi connectivity index (χ0v) is 8.82. The molecule has 3 N–H and O–H groups in total. The number of rotatable bonds is 6. The van der Waals surface area contributed by atoms with E-state index in [-0.39, 0.29) is 5.91 Å². The first-order valence-electron chi connectivity index (χ1n) is 4.83. The van der Waals surface area contributed by atoms with E-state index in [0.717, 1.165) is 12.1 Å². The predicted molar refractivity (Wildman–Crippen MR) is 58.5 cm³/mol. The lowest BCUT2D eigenvalue weighted by Gasteiger charge is -2.07. The van der Waals surface area contributed by atoms with Gasteiger partial charge in [0.1, 0.15) is 0 Å². The van der Waals surface area contributed by atoms with E-state index >= 15 is 0 Å². The van der Waals surface area contributed by atoms with Crippen molar-refractivity contribution in [3.05, 3.63) is 35.4 Å². The van der Waals surface area contributed by atoms with Crippen LogP contribution in [0.25, 0.3) is 0 Å². The number of carbonyl (C=O) groups is 1. The van der Waals surface area contributed by atoms with E-state index in [1.54, 1.807) is 19.2 Å². The van der Waals surface area contributed by atoms with Gasteiger partial charge >= 0.3 is 0 Å². The van der Waals surface area contributed by atoms with Gasteiger partial charge in [-0.15, -0.1) is 0 Å². The molecule has 0 aromatic heterocycles. The van der Waals surface area contributed by atoms with Gasteiger partial charge in [-0.3, -0.25) is 4.79 Å². The molecule has 4 heteroatoms. The largest absolute Gasteiger partial charge is 0.383 e. The molecule has 0 aliphatic carbocycles. The van der Waals surface area contributed by atoms with Crippen molar-refractivity contribution in [2.45, 2.75) is 6.54 Å². The molecule has 82 valence electrons. The number of primary amides is 1. The zero-order chi connectivity index (χ0) is 11.1. The van der Waals surface area contributed by atoms with E-state index in [9.17, 15) is 4.79 Å². The van der Waals surface area contributed by atoms with Crippen LogP contribution < -0.4 is 11.1 Å². The molecule has 4 nitrogen and oxygen atoms in total. The molecule has 1 rings (SSSR count). The fourth-order valence-electron chi connectivity index (χ4n) is 1.31. The van der Waals surface area contributed by atoms with Gasteiger partial charge in [-0.05, 0) is 11.6 Å².